The van der Waals surface area contributed by atoms with E-state index in [1.54, 1.807) is 38.4 Å². The van der Waals surface area contributed by atoms with Gasteiger partial charge in [0.05, 0.1) is 99.8 Å². The molecule has 0 aliphatic heterocycles. The molecule has 0 unspecified atom stereocenters. The van der Waals surface area contributed by atoms with Gasteiger partial charge in [0.15, 0.2) is 0 Å². The van der Waals surface area contributed by atoms with Crippen LogP contribution in [-0.2, 0) is 43.1 Å². The summed E-state index contributed by atoms with van der Waals surface area (Å²) in [5.74, 6) is 0.819. The first kappa shape index (κ1) is 49.0. The van der Waals surface area contributed by atoms with E-state index in [2.05, 4.69) is 127 Å². The first-order chi connectivity index (χ1) is 30.4. The summed E-state index contributed by atoms with van der Waals surface area (Å²) in [5.41, 5.74) is 9.06. The molecular formula is C48H69N13O3. The third-order valence-electron chi connectivity index (χ3n) is 10.1. The molecule has 0 bridgehead atoms. The molecule has 344 valence electrons. The van der Waals surface area contributed by atoms with E-state index in [9.17, 15) is 0 Å². The van der Waals surface area contributed by atoms with Crippen molar-refractivity contribution in [2.45, 2.75) is 94.7 Å². The summed E-state index contributed by atoms with van der Waals surface area (Å²) in [6.45, 7) is 24.2. The van der Waals surface area contributed by atoms with E-state index >= 15 is 0 Å². The molecule has 5 aromatic heterocycles. The number of nitrogens with zero attached hydrogens (tertiary/aromatic N) is 13. The van der Waals surface area contributed by atoms with Crippen LogP contribution in [0.2, 0.25) is 0 Å². The van der Waals surface area contributed by atoms with Crippen LogP contribution in [0.25, 0.3) is 39.7 Å². The first-order valence-corrected chi connectivity index (χ1v) is 21.9. The van der Waals surface area contributed by atoms with Crippen molar-refractivity contribution in [3.05, 3.63) is 97.7 Å². The highest BCUT2D eigenvalue weighted by Crippen LogP contribution is 2.29. The van der Waals surface area contributed by atoms with Gasteiger partial charge >= 0.3 is 0 Å². The highest BCUT2D eigenvalue weighted by Gasteiger charge is 2.16. The lowest BCUT2D eigenvalue weighted by atomic mass is 9.88. The molecule has 0 spiro atoms. The minimum Gasteiger partial charge on any atom is -0.496 e. The minimum atomic E-state index is 0.286. The van der Waals surface area contributed by atoms with Crippen LogP contribution in [0.4, 0.5) is 0 Å². The predicted molar refractivity (Wildman–Crippen MR) is 251 cm³/mol. The van der Waals surface area contributed by atoms with Gasteiger partial charge in [-0.25, -0.2) is 24.0 Å². The Bertz CT molecular complexity index is 2420. The molecule has 0 saturated heterocycles. The molecular weight excluding hydrogens is 807 g/mol. The molecule has 0 fully saturated rings. The van der Waals surface area contributed by atoms with Crippen LogP contribution < -0.4 is 4.74 Å². The van der Waals surface area contributed by atoms with E-state index in [1.165, 1.54) is 5.56 Å². The monoisotopic (exact) mass is 876 g/mol. The molecule has 0 N–H and O–H groups in total. The van der Waals surface area contributed by atoms with Crippen molar-refractivity contribution in [3.63, 3.8) is 0 Å². The highest BCUT2D eigenvalue weighted by atomic mass is 16.5. The van der Waals surface area contributed by atoms with Crippen LogP contribution in [0.15, 0.2) is 92.2 Å². The molecule has 5 heterocycles. The normalized spacial score (nSPS) is 11.8. The molecule has 7 aromatic rings. The van der Waals surface area contributed by atoms with Gasteiger partial charge in [0.1, 0.15) is 17.1 Å². The molecule has 0 aliphatic carbocycles. The Hall–Kier alpha value is -6.00. The molecule has 0 amide bonds. The standard InChI is InChI=1S/C17H21N5.C17H25N3O2.C14H23N5O/c1-17(2,3)9-13-5-7-14(8-6-13)22-16(11-19-20-22)15-10-18-12-21(15)4;1-17(2,3)9-11-22-12-10-20-15(13-18-19-20)14-7-5-6-8-16(14)21-4;1-14(2,3)5-7-20-8-6-19-13(10-16-17-19)12-9-15-11-18(12)4/h5-8,10-12H,9H2,1-4H3;5-8,13H,9-12H2,1-4H3;9-11H,5-8H2,1-4H3. The summed E-state index contributed by atoms with van der Waals surface area (Å²) in [6, 6.07) is 16.4. The van der Waals surface area contributed by atoms with Gasteiger partial charge in [0.2, 0.25) is 0 Å². The number of benzene rings is 2. The summed E-state index contributed by atoms with van der Waals surface area (Å²) in [4.78, 5) is 8.28. The summed E-state index contributed by atoms with van der Waals surface area (Å²) in [5, 5.41) is 24.5. The Morgan fingerprint density at radius 3 is 1.53 bits per heavy atom. The molecule has 7 rings (SSSR count). The van der Waals surface area contributed by atoms with Crippen LogP contribution in [0.3, 0.4) is 0 Å². The van der Waals surface area contributed by atoms with Crippen LogP contribution in [-0.4, -0.2) is 97.6 Å². The Morgan fingerprint density at radius 2 is 1.02 bits per heavy atom. The maximum absolute atomic E-state index is 5.71. The third kappa shape index (κ3) is 15.1. The average molecular weight is 876 g/mol. The van der Waals surface area contributed by atoms with Crippen molar-refractivity contribution >= 4 is 0 Å². The first-order valence-electron chi connectivity index (χ1n) is 21.9. The number of hydrogen-bond acceptors (Lipinski definition) is 11. The SMILES string of the molecule is COc1ccccc1-c1cnnn1CCOCCC(C)(C)C.Cn1cncc1-c1cnnn1-c1ccc(CC(C)(C)C)cc1.Cn1cncc1-c1cnnn1CCOCCC(C)(C)C. The highest BCUT2D eigenvalue weighted by molar-refractivity contribution is 5.66. The van der Waals surface area contributed by atoms with Crippen LogP contribution in [0.5, 0.6) is 5.75 Å². The van der Waals surface area contributed by atoms with Gasteiger partial charge in [0, 0.05) is 32.9 Å². The smallest absolute Gasteiger partial charge is 0.128 e. The largest absolute Gasteiger partial charge is 0.496 e. The second-order valence-corrected chi connectivity index (χ2v) is 19.4. The maximum atomic E-state index is 5.71. The molecule has 0 radical (unpaired) electrons. The number of aryl methyl sites for hydroxylation is 2. The molecule has 16 nitrogen and oxygen atoms in total. The van der Waals surface area contributed by atoms with Gasteiger partial charge in [-0.15, -0.1) is 15.3 Å². The van der Waals surface area contributed by atoms with Crippen LogP contribution >= 0.6 is 0 Å². The van der Waals surface area contributed by atoms with Gasteiger partial charge in [-0.1, -0.05) is 102 Å². The lowest BCUT2D eigenvalue weighted by Crippen LogP contribution is -2.13. The zero-order valence-electron chi connectivity index (χ0n) is 40.1. The van der Waals surface area contributed by atoms with Crippen molar-refractivity contribution in [1.29, 1.82) is 0 Å². The molecule has 0 atom stereocenters. The molecule has 0 aliphatic rings. The molecule has 64 heavy (non-hydrogen) atoms. The topological polar surface area (TPSA) is 155 Å². The summed E-state index contributed by atoms with van der Waals surface area (Å²) in [7, 11) is 5.59. The third-order valence-corrected chi connectivity index (χ3v) is 10.1. The lowest BCUT2D eigenvalue weighted by molar-refractivity contribution is 0.0996. The van der Waals surface area contributed by atoms with E-state index in [0.29, 0.717) is 37.1 Å². The second-order valence-electron chi connectivity index (χ2n) is 19.4. The molecule has 16 heteroatoms. The number of rotatable bonds is 16. The second kappa shape index (κ2) is 22.6. The van der Waals surface area contributed by atoms with Gasteiger partial charge in [0.25, 0.3) is 0 Å². The summed E-state index contributed by atoms with van der Waals surface area (Å²) in [6.07, 6.45) is 15.6. The number of aromatic nitrogens is 13. The number of hydrogen-bond donors (Lipinski definition) is 0. The van der Waals surface area contributed by atoms with E-state index in [1.807, 2.05) is 73.9 Å². The zero-order chi connectivity index (χ0) is 46.3. The quantitative estimate of drug-likeness (QED) is 0.0856. The number of methoxy groups -OCH3 is 1. The van der Waals surface area contributed by atoms with Gasteiger partial charge in [-0.3, -0.25) is 0 Å². The number of ether oxygens (including phenoxy) is 3. The lowest BCUT2D eigenvalue weighted by Gasteiger charge is -2.18. The van der Waals surface area contributed by atoms with E-state index in [0.717, 1.165) is 77.9 Å². The fourth-order valence-electron chi connectivity index (χ4n) is 6.55. The molecule has 0 saturated carbocycles. The van der Waals surface area contributed by atoms with Crippen molar-refractivity contribution < 1.29 is 14.2 Å². The van der Waals surface area contributed by atoms with Crippen molar-refractivity contribution in [2.75, 3.05) is 33.5 Å². The van der Waals surface area contributed by atoms with Gasteiger partial charge in [-0.05, 0) is 65.3 Å². The van der Waals surface area contributed by atoms with Gasteiger partial charge < -0.3 is 23.3 Å². The Morgan fingerprint density at radius 1 is 0.516 bits per heavy atom. The van der Waals surface area contributed by atoms with Crippen molar-refractivity contribution in [2.24, 2.45) is 30.3 Å². The Kier molecular flexibility index (Phi) is 17.3. The van der Waals surface area contributed by atoms with Crippen molar-refractivity contribution in [1.82, 2.24) is 64.1 Å². The average Bonchev–Trinajstić information content (AvgIpc) is 4.09. The summed E-state index contributed by atoms with van der Waals surface area (Å²) >= 11 is 0. The predicted octanol–water partition coefficient (Wildman–Crippen LogP) is 8.79. The molecule has 2 aromatic carbocycles. The van der Waals surface area contributed by atoms with E-state index < -0.39 is 0 Å². The van der Waals surface area contributed by atoms with E-state index in [-0.39, 0.29) is 5.41 Å². The fraction of sp³-hybridized carbons (Fsp3) is 0.500. The maximum Gasteiger partial charge on any atom is 0.128 e. The number of imidazole rings is 2. The summed E-state index contributed by atoms with van der Waals surface area (Å²) < 4.78 is 26.3. The Labute approximate surface area is 379 Å². The Balaban J connectivity index is 0.000000181. The zero-order valence-corrected chi connectivity index (χ0v) is 40.1. The number of para-hydroxylation sites is 1. The van der Waals surface area contributed by atoms with Crippen LogP contribution in [0, 0.1) is 16.2 Å². The fourth-order valence-corrected chi connectivity index (χ4v) is 6.55. The van der Waals surface area contributed by atoms with E-state index in [4.69, 9.17) is 14.2 Å². The van der Waals surface area contributed by atoms with Crippen molar-refractivity contribution in [3.8, 4) is 45.5 Å². The van der Waals surface area contributed by atoms with Gasteiger partial charge in [-0.2, -0.15) is 0 Å². The minimum absolute atomic E-state index is 0.286. The van der Waals surface area contributed by atoms with Crippen LogP contribution in [0.1, 0.15) is 80.7 Å².